The number of rotatable bonds is 6. The van der Waals surface area contributed by atoms with Crippen LogP contribution in [-0.2, 0) is 5.41 Å². The first-order chi connectivity index (χ1) is 27.1. The molecular formula is C51H42N4Si. The third kappa shape index (κ3) is 5.61. The topological polar surface area (TPSA) is 43.6 Å². The number of hydrogen-bond donors (Lipinski definition) is 0. The minimum atomic E-state index is -1.43. The Labute approximate surface area is 329 Å². The first-order valence-corrected chi connectivity index (χ1v) is 22.9. The summed E-state index contributed by atoms with van der Waals surface area (Å²) in [5.41, 5.74) is 14.1. The number of hydrogen-bond acceptors (Lipinski definition) is 3. The SMILES string of the molecule is CC1(C)c2cc(-c3ccc(-c4nc(-c5ccccc5)nc(-c5cccc(-n6c7ccccc7c7ccccc76)c5)n4)cc3)ccc2-c2ccc([Si](C)(C)C)cc21. The minimum Gasteiger partial charge on any atom is -0.309 e. The molecule has 9 aromatic rings. The van der Waals surface area contributed by atoms with Gasteiger partial charge in [0, 0.05) is 38.6 Å². The van der Waals surface area contributed by atoms with E-state index in [1.54, 1.807) is 0 Å². The highest BCUT2D eigenvalue weighted by Crippen LogP contribution is 2.49. The van der Waals surface area contributed by atoms with Crippen molar-refractivity contribution in [3.05, 3.63) is 175 Å². The van der Waals surface area contributed by atoms with E-state index in [9.17, 15) is 0 Å². The molecule has 0 radical (unpaired) electrons. The maximum absolute atomic E-state index is 5.13. The zero-order valence-electron chi connectivity index (χ0n) is 32.4. The smallest absolute Gasteiger partial charge is 0.164 e. The van der Waals surface area contributed by atoms with E-state index >= 15 is 0 Å². The van der Waals surface area contributed by atoms with Crippen molar-refractivity contribution in [2.45, 2.75) is 38.9 Å². The van der Waals surface area contributed by atoms with E-state index in [0.29, 0.717) is 17.5 Å². The van der Waals surface area contributed by atoms with Gasteiger partial charge >= 0.3 is 0 Å². The second-order valence-corrected chi connectivity index (χ2v) is 21.6. The molecule has 7 aromatic carbocycles. The van der Waals surface area contributed by atoms with Gasteiger partial charge in [0.05, 0.1) is 19.1 Å². The highest BCUT2D eigenvalue weighted by atomic mass is 28.3. The molecule has 0 spiro atoms. The van der Waals surface area contributed by atoms with E-state index in [1.165, 1.54) is 60.4 Å². The van der Waals surface area contributed by atoms with Gasteiger partial charge < -0.3 is 4.57 Å². The maximum Gasteiger partial charge on any atom is 0.164 e. The second-order valence-electron chi connectivity index (χ2n) is 16.6. The minimum absolute atomic E-state index is 0.0652. The zero-order chi connectivity index (χ0) is 38.2. The van der Waals surface area contributed by atoms with E-state index in [1.807, 2.05) is 18.2 Å². The molecule has 2 aromatic heterocycles. The van der Waals surface area contributed by atoms with Gasteiger partial charge in [-0.2, -0.15) is 0 Å². The van der Waals surface area contributed by atoms with Gasteiger partial charge in [0.1, 0.15) is 0 Å². The van der Waals surface area contributed by atoms with Gasteiger partial charge in [0.25, 0.3) is 0 Å². The van der Waals surface area contributed by atoms with Crippen LogP contribution >= 0.6 is 0 Å². The molecule has 0 atom stereocenters. The first-order valence-electron chi connectivity index (χ1n) is 19.4. The predicted molar refractivity (Wildman–Crippen MR) is 236 cm³/mol. The summed E-state index contributed by atoms with van der Waals surface area (Å²) in [5.74, 6) is 1.93. The van der Waals surface area contributed by atoms with Gasteiger partial charge in [-0.05, 0) is 63.7 Å². The molecule has 0 saturated carbocycles. The molecule has 270 valence electrons. The molecule has 0 unspecified atom stereocenters. The van der Waals surface area contributed by atoms with Crippen LogP contribution in [0.1, 0.15) is 25.0 Å². The van der Waals surface area contributed by atoms with Crippen molar-refractivity contribution >= 4 is 35.1 Å². The summed E-state index contributed by atoms with van der Waals surface area (Å²) in [6.07, 6.45) is 0. The fourth-order valence-corrected chi connectivity index (χ4v) is 9.69. The molecule has 0 N–H and O–H groups in total. The Balaban J connectivity index is 1.03. The summed E-state index contributed by atoms with van der Waals surface area (Å²) in [5, 5.41) is 3.98. The van der Waals surface area contributed by atoms with Crippen LogP contribution in [0.15, 0.2) is 164 Å². The first kappa shape index (κ1) is 34.1. The number of fused-ring (bicyclic) bond motifs is 6. The largest absolute Gasteiger partial charge is 0.309 e. The lowest BCUT2D eigenvalue weighted by Gasteiger charge is -2.24. The summed E-state index contributed by atoms with van der Waals surface area (Å²) in [6.45, 7) is 12.0. The lowest BCUT2D eigenvalue weighted by molar-refractivity contribution is 0.661. The monoisotopic (exact) mass is 738 g/mol. The van der Waals surface area contributed by atoms with Crippen LogP contribution in [0.5, 0.6) is 0 Å². The molecule has 5 heteroatoms. The Kier molecular flexibility index (Phi) is 7.81. The molecule has 0 amide bonds. The lowest BCUT2D eigenvalue weighted by Crippen LogP contribution is -2.38. The van der Waals surface area contributed by atoms with E-state index in [4.69, 9.17) is 15.0 Å². The molecule has 1 aliphatic rings. The molecule has 0 fully saturated rings. The quantitative estimate of drug-likeness (QED) is 0.160. The average molecular weight is 739 g/mol. The Hall–Kier alpha value is -6.43. The Bertz CT molecular complexity index is 2920. The van der Waals surface area contributed by atoms with Crippen molar-refractivity contribution in [3.63, 3.8) is 0 Å². The van der Waals surface area contributed by atoms with Gasteiger partial charge in [-0.15, -0.1) is 0 Å². The van der Waals surface area contributed by atoms with Crippen molar-refractivity contribution in [3.8, 4) is 62.1 Å². The Morgan fingerprint density at radius 2 is 0.929 bits per heavy atom. The maximum atomic E-state index is 5.13. The summed E-state index contributed by atoms with van der Waals surface area (Å²) in [4.78, 5) is 15.2. The standard InChI is InChI=1S/C51H42N4Si/c1-51(2)44-31-36(26-28-40(44)41-29-27-39(32-45(41)51)56(3,4)5)33-22-24-35(25-23-33)49-52-48(34-14-7-6-8-15-34)53-50(54-49)37-16-13-17-38(30-37)55-46-20-11-9-18-42(46)43-19-10-12-21-47(43)55/h6-32H,1-5H3. The van der Waals surface area contributed by atoms with Crippen LogP contribution in [0.3, 0.4) is 0 Å². The van der Waals surface area contributed by atoms with Gasteiger partial charge in [0.2, 0.25) is 0 Å². The van der Waals surface area contributed by atoms with Crippen LogP contribution in [0.4, 0.5) is 0 Å². The predicted octanol–water partition coefficient (Wildman–Crippen LogP) is 12.5. The van der Waals surface area contributed by atoms with E-state index in [0.717, 1.165) is 22.4 Å². The van der Waals surface area contributed by atoms with Crippen LogP contribution in [0.25, 0.3) is 83.9 Å². The van der Waals surface area contributed by atoms with Crippen molar-refractivity contribution in [1.29, 1.82) is 0 Å². The number of nitrogens with zero attached hydrogens (tertiary/aromatic N) is 4. The van der Waals surface area contributed by atoms with Gasteiger partial charge in [0.15, 0.2) is 17.5 Å². The van der Waals surface area contributed by atoms with Crippen molar-refractivity contribution in [2.24, 2.45) is 0 Å². The zero-order valence-corrected chi connectivity index (χ0v) is 33.4. The van der Waals surface area contributed by atoms with Crippen molar-refractivity contribution in [2.75, 3.05) is 0 Å². The molecule has 10 rings (SSSR count). The highest BCUT2D eigenvalue weighted by Gasteiger charge is 2.36. The summed E-state index contributed by atoms with van der Waals surface area (Å²) < 4.78 is 2.33. The Morgan fingerprint density at radius 1 is 0.429 bits per heavy atom. The molecule has 2 heterocycles. The lowest BCUT2D eigenvalue weighted by atomic mass is 9.81. The van der Waals surface area contributed by atoms with Crippen molar-refractivity contribution < 1.29 is 0 Å². The van der Waals surface area contributed by atoms with Gasteiger partial charge in [-0.1, -0.05) is 172 Å². The molecule has 56 heavy (non-hydrogen) atoms. The van der Waals surface area contributed by atoms with Crippen molar-refractivity contribution in [1.82, 2.24) is 19.5 Å². The summed E-state index contributed by atoms with van der Waals surface area (Å²) >= 11 is 0. The normalized spacial score (nSPS) is 13.2. The third-order valence-electron chi connectivity index (χ3n) is 11.6. The van der Waals surface area contributed by atoms with E-state index in [2.05, 4.69) is 184 Å². The number of aromatic nitrogens is 4. The number of benzene rings is 7. The van der Waals surface area contributed by atoms with Crippen LogP contribution < -0.4 is 5.19 Å². The van der Waals surface area contributed by atoms with Gasteiger partial charge in [-0.25, -0.2) is 15.0 Å². The third-order valence-corrected chi connectivity index (χ3v) is 13.7. The second kappa shape index (κ2) is 12.8. The molecule has 0 bridgehead atoms. The molecule has 4 nitrogen and oxygen atoms in total. The molecule has 1 aliphatic carbocycles. The summed E-state index contributed by atoms with van der Waals surface area (Å²) in [6, 6.07) is 58.8. The van der Waals surface area contributed by atoms with E-state index in [-0.39, 0.29) is 5.41 Å². The highest BCUT2D eigenvalue weighted by molar-refractivity contribution is 6.88. The van der Waals surface area contributed by atoms with Crippen LogP contribution in [0.2, 0.25) is 19.6 Å². The van der Waals surface area contributed by atoms with Crippen LogP contribution in [0, 0.1) is 0 Å². The molecular weight excluding hydrogens is 697 g/mol. The number of para-hydroxylation sites is 2. The van der Waals surface area contributed by atoms with Gasteiger partial charge in [-0.3, -0.25) is 0 Å². The fourth-order valence-electron chi connectivity index (χ4n) is 8.53. The Morgan fingerprint density at radius 3 is 1.57 bits per heavy atom. The van der Waals surface area contributed by atoms with Crippen LogP contribution in [-0.4, -0.2) is 27.6 Å². The summed E-state index contributed by atoms with van der Waals surface area (Å²) in [7, 11) is -1.43. The molecule has 0 aliphatic heterocycles. The molecule has 0 saturated heterocycles. The van der Waals surface area contributed by atoms with E-state index < -0.39 is 8.07 Å². The fraction of sp³-hybridized carbons (Fsp3) is 0.118. The average Bonchev–Trinajstić information content (AvgIpc) is 3.69.